The molecule has 2 aromatic heterocycles. The van der Waals surface area contributed by atoms with Crippen LogP contribution in [0.2, 0.25) is 0 Å². The molecule has 1 amide bonds. The molecule has 0 saturated carbocycles. The fraction of sp³-hybridized carbons (Fsp3) is 0.269. The summed E-state index contributed by atoms with van der Waals surface area (Å²) in [5.41, 5.74) is 1.24. The quantitative estimate of drug-likeness (QED) is 0.278. The standard InChI is InChI=1S/C26H25F3N6O3/c1-37-23-14-30-10-9-20(23)33-24(36)22-13-18(8-11-31-22)38-17-6-7-19-21(12-17)35-25(34-19)32-16-4-2-15(3-5-16)26(27,28)29/h2-8,11-13,20,23,30H,9-10,14H2,1H3,(H,33,36)(H2,32,34,35)/t20?,23-/m1/s1. The van der Waals surface area contributed by atoms with Crippen molar-refractivity contribution >= 4 is 28.6 Å². The summed E-state index contributed by atoms with van der Waals surface area (Å²) < 4.78 is 49.8. The minimum Gasteiger partial charge on any atom is -0.457 e. The zero-order valence-corrected chi connectivity index (χ0v) is 20.3. The molecule has 1 aliphatic heterocycles. The van der Waals surface area contributed by atoms with Crippen molar-refractivity contribution in [2.24, 2.45) is 0 Å². The van der Waals surface area contributed by atoms with Crippen molar-refractivity contribution in [3.8, 4) is 11.5 Å². The van der Waals surface area contributed by atoms with E-state index in [0.29, 0.717) is 40.7 Å². The van der Waals surface area contributed by atoms with E-state index in [1.807, 2.05) is 0 Å². The Morgan fingerprint density at radius 1 is 1.08 bits per heavy atom. The number of pyridine rings is 1. The van der Waals surface area contributed by atoms with Crippen LogP contribution in [-0.2, 0) is 10.9 Å². The number of piperidine rings is 1. The highest BCUT2D eigenvalue weighted by molar-refractivity contribution is 5.92. The number of carbonyl (C=O) groups excluding carboxylic acids is 1. The number of anilines is 2. The van der Waals surface area contributed by atoms with Crippen molar-refractivity contribution in [2.75, 3.05) is 25.5 Å². The molecule has 1 fully saturated rings. The van der Waals surface area contributed by atoms with Crippen LogP contribution in [0, 0.1) is 0 Å². The maximum atomic E-state index is 12.8. The second-order valence-electron chi connectivity index (χ2n) is 8.79. The lowest BCUT2D eigenvalue weighted by atomic mass is 10.0. The van der Waals surface area contributed by atoms with Crippen LogP contribution < -0.4 is 20.7 Å². The zero-order valence-electron chi connectivity index (χ0n) is 20.3. The first-order valence-electron chi connectivity index (χ1n) is 11.9. The fourth-order valence-corrected chi connectivity index (χ4v) is 4.21. The number of methoxy groups -OCH3 is 1. The zero-order chi connectivity index (χ0) is 26.7. The van der Waals surface area contributed by atoms with Gasteiger partial charge >= 0.3 is 6.18 Å². The molecule has 38 heavy (non-hydrogen) atoms. The molecule has 12 heteroatoms. The Kier molecular flexibility index (Phi) is 7.16. The maximum Gasteiger partial charge on any atom is 0.416 e. The lowest BCUT2D eigenvalue weighted by Crippen LogP contribution is -2.53. The molecule has 198 valence electrons. The SMILES string of the molecule is CO[C@@H]1CNCCC1NC(=O)c1cc(Oc2ccc3nc(Nc4ccc(C(F)(F)F)cc4)[nH]c3c2)ccn1. The van der Waals surface area contributed by atoms with E-state index < -0.39 is 11.7 Å². The summed E-state index contributed by atoms with van der Waals surface area (Å²) in [5.74, 6) is 0.984. The second kappa shape index (κ2) is 10.7. The van der Waals surface area contributed by atoms with Crippen LogP contribution in [0.5, 0.6) is 11.5 Å². The van der Waals surface area contributed by atoms with Crippen molar-refractivity contribution in [3.63, 3.8) is 0 Å². The molecule has 1 aliphatic rings. The molecule has 4 aromatic rings. The van der Waals surface area contributed by atoms with Crippen LogP contribution in [0.4, 0.5) is 24.8 Å². The molecule has 0 aliphatic carbocycles. The Labute approximate surface area is 215 Å². The van der Waals surface area contributed by atoms with Gasteiger partial charge in [0, 0.05) is 37.7 Å². The van der Waals surface area contributed by atoms with Gasteiger partial charge in [0.2, 0.25) is 5.95 Å². The number of H-pyrrole nitrogens is 1. The summed E-state index contributed by atoms with van der Waals surface area (Å²) in [4.78, 5) is 24.5. The smallest absolute Gasteiger partial charge is 0.416 e. The summed E-state index contributed by atoms with van der Waals surface area (Å²) in [7, 11) is 1.62. The number of fused-ring (bicyclic) bond motifs is 1. The van der Waals surface area contributed by atoms with E-state index in [9.17, 15) is 18.0 Å². The molecule has 1 unspecified atom stereocenters. The van der Waals surface area contributed by atoms with E-state index in [0.717, 1.165) is 25.1 Å². The van der Waals surface area contributed by atoms with Crippen molar-refractivity contribution < 1.29 is 27.4 Å². The first-order valence-corrected chi connectivity index (χ1v) is 11.9. The van der Waals surface area contributed by atoms with Gasteiger partial charge in [0.25, 0.3) is 5.91 Å². The highest BCUT2D eigenvalue weighted by Gasteiger charge is 2.30. The van der Waals surface area contributed by atoms with Crippen LogP contribution in [0.15, 0.2) is 60.8 Å². The number of nitrogens with one attached hydrogen (secondary N) is 4. The summed E-state index contributed by atoms with van der Waals surface area (Å²) >= 11 is 0. The van der Waals surface area contributed by atoms with E-state index in [4.69, 9.17) is 9.47 Å². The molecule has 0 bridgehead atoms. The maximum absolute atomic E-state index is 12.8. The third kappa shape index (κ3) is 5.87. The predicted molar refractivity (Wildman–Crippen MR) is 135 cm³/mol. The molecule has 3 heterocycles. The van der Waals surface area contributed by atoms with Crippen LogP contribution >= 0.6 is 0 Å². The number of carbonyl (C=O) groups is 1. The first kappa shape index (κ1) is 25.5. The number of ether oxygens (including phenoxy) is 2. The summed E-state index contributed by atoms with van der Waals surface area (Å²) in [6.07, 6.45) is -2.26. The molecule has 9 nitrogen and oxygen atoms in total. The van der Waals surface area contributed by atoms with Crippen LogP contribution in [0.25, 0.3) is 11.0 Å². The number of benzene rings is 2. The summed E-state index contributed by atoms with van der Waals surface area (Å²) in [6, 6.07) is 13.0. The number of alkyl halides is 3. The summed E-state index contributed by atoms with van der Waals surface area (Å²) in [5, 5.41) is 9.19. The van der Waals surface area contributed by atoms with Crippen molar-refractivity contribution in [1.82, 2.24) is 25.6 Å². The lowest BCUT2D eigenvalue weighted by Gasteiger charge is -2.31. The number of nitrogens with zero attached hydrogens (tertiary/aromatic N) is 2. The number of halogens is 3. The summed E-state index contributed by atoms with van der Waals surface area (Å²) in [6.45, 7) is 1.45. The van der Waals surface area contributed by atoms with E-state index >= 15 is 0 Å². The average Bonchev–Trinajstić information content (AvgIpc) is 3.30. The molecule has 2 aromatic carbocycles. The minimum atomic E-state index is -4.39. The number of aromatic nitrogens is 3. The van der Waals surface area contributed by atoms with Gasteiger partial charge in [0.15, 0.2) is 0 Å². The second-order valence-corrected chi connectivity index (χ2v) is 8.79. The Morgan fingerprint density at radius 3 is 2.63 bits per heavy atom. The predicted octanol–water partition coefficient (Wildman–Crippen LogP) is 4.62. The van der Waals surface area contributed by atoms with Gasteiger partial charge in [0.1, 0.15) is 17.2 Å². The number of rotatable bonds is 7. The number of aromatic amines is 1. The topological polar surface area (TPSA) is 113 Å². The fourth-order valence-electron chi connectivity index (χ4n) is 4.21. The molecular formula is C26H25F3N6O3. The highest BCUT2D eigenvalue weighted by atomic mass is 19.4. The molecule has 4 N–H and O–H groups in total. The normalized spacial score (nSPS) is 17.8. The van der Waals surface area contributed by atoms with Crippen LogP contribution in [0.3, 0.4) is 0 Å². The van der Waals surface area contributed by atoms with Gasteiger partial charge in [0.05, 0.1) is 28.7 Å². The van der Waals surface area contributed by atoms with Crippen molar-refractivity contribution in [3.05, 3.63) is 72.1 Å². The minimum absolute atomic E-state index is 0.117. The lowest BCUT2D eigenvalue weighted by molar-refractivity contribution is -0.137. The average molecular weight is 527 g/mol. The number of imidazole rings is 1. The third-order valence-corrected chi connectivity index (χ3v) is 6.17. The first-order chi connectivity index (χ1) is 18.3. The van der Waals surface area contributed by atoms with Gasteiger partial charge in [-0.1, -0.05) is 0 Å². The van der Waals surface area contributed by atoms with E-state index in [-0.39, 0.29) is 23.7 Å². The molecule has 1 saturated heterocycles. The largest absolute Gasteiger partial charge is 0.457 e. The van der Waals surface area contributed by atoms with E-state index in [1.165, 1.54) is 18.3 Å². The highest BCUT2D eigenvalue weighted by Crippen LogP contribution is 2.31. The third-order valence-electron chi connectivity index (χ3n) is 6.17. The Bertz CT molecular complexity index is 1420. The van der Waals surface area contributed by atoms with Gasteiger partial charge in [-0.25, -0.2) is 4.98 Å². The molecule has 5 rings (SSSR count). The van der Waals surface area contributed by atoms with Gasteiger partial charge in [-0.2, -0.15) is 13.2 Å². The Morgan fingerprint density at radius 2 is 1.87 bits per heavy atom. The van der Waals surface area contributed by atoms with Gasteiger partial charge < -0.3 is 30.4 Å². The van der Waals surface area contributed by atoms with Gasteiger partial charge in [-0.3, -0.25) is 9.78 Å². The Balaban J connectivity index is 1.26. The van der Waals surface area contributed by atoms with E-state index in [2.05, 4.69) is 30.9 Å². The molecule has 2 atom stereocenters. The van der Waals surface area contributed by atoms with E-state index in [1.54, 1.807) is 37.4 Å². The monoisotopic (exact) mass is 526 g/mol. The molecular weight excluding hydrogens is 501 g/mol. The van der Waals surface area contributed by atoms with Gasteiger partial charge in [-0.05, 0) is 55.4 Å². The van der Waals surface area contributed by atoms with Crippen LogP contribution in [-0.4, -0.2) is 53.2 Å². The number of hydrogen-bond acceptors (Lipinski definition) is 7. The van der Waals surface area contributed by atoms with Gasteiger partial charge in [-0.15, -0.1) is 0 Å². The molecule has 0 spiro atoms. The van der Waals surface area contributed by atoms with Crippen molar-refractivity contribution in [1.29, 1.82) is 0 Å². The Hall–Kier alpha value is -4.16. The van der Waals surface area contributed by atoms with Crippen LogP contribution in [0.1, 0.15) is 22.5 Å². The number of amides is 1. The van der Waals surface area contributed by atoms with Crippen molar-refractivity contribution in [2.45, 2.75) is 24.7 Å². The number of hydrogen-bond donors (Lipinski definition) is 4. The molecule has 0 radical (unpaired) electrons.